The zero-order chi connectivity index (χ0) is 21.2. The molecule has 0 spiro atoms. The predicted octanol–water partition coefficient (Wildman–Crippen LogP) is 3.21. The molecule has 1 aliphatic rings. The van der Waals surface area contributed by atoms with Crippen molar-refractivity contribution in [3.05, 3.63) is 53.8 Å². The molecule has 0 unspecified atom stereocenters. The Bertz CT molecular complexity index is 984. The Morgan fingerprint density at radius 2 is 1.76 bits per heavy atom. The first-order chi connectivity index (χ1) is 13.7. The van der Waals surface area contributed by atoms with Crippen molar-refractivity contribution in [2.45, 2.75) is 24.7 Å². The van der Waals surface area contributed by atoms with Crippen LogP contribution in [0.25, 0.3) is 0 Å². The van der Waals surface area contributed by atoms with Gasteiger partial charge in [0.2, 0.25) is 15.9 Å². The monoisotopic (exact) mass is 420 g/mol. The molecule has 1 amide bonds. The fraction of sp³-hybridized carbons (Fsp3) is 0.381. The minimum absolute atomic E-state index is 0.0889. The van der Waals surface area contributed by atoms with E-state index in [9.17, 15) is 17.6 Å². The minimum atomic E-state index is -3.62. The van der Waals surface area contributed by atoms with Crippen LogP contribution >= 0.6 is 0 Å². The van der Waals surface area contributed by atoms with Crippen molar-refractivity contribution >= 4 is 21.6 Å². The number of carbonyl (C=O) groups is 1. The van der Waals surface area contributed by atoms with Gasteiger partial charge in [0.05, 0.1) is 12.0 Å². The topological polar surface area (TPSA) is 66.9 Å². The van der Waals surface area contributed by atoms with Crippen LogP contribution in [0, 0.1) is 18.7 Å². The van der Waals surface area contributed by atoms with E-state index in [2.05, 4.69) is 0 Å². The fourth-order valence-electron chi connectivity index (χ4n) is 3.57. The molecule has 3 rings (SSSR count). The van der Waals surface area contributed by atoms with Gasteiger partial charge in [0.1, 0.15) is 11.6 Å². The van der Waals surface area contributed by atoms with Gasteiger partial charge in [0.25, 0.3) is 0 Å². The summed E-state index contributed by atoms with van der Waals surface area (Å²) >= 11 is 0. The molecule has 0 aromatic heterocycles. The number of sulfonamides is 1. The number of halogens is 1. The molecule has 1 aliphatic heterocycles. The lowest BCUT2D eigenvalue weighted by Crippen LogP contribution is -2.43. The summed E-state index contributed by atoms with van der Waals surface area (Å²) in [4.78, 5) is 14.5. The Labute approximate surface area is 170 Å². The maximum Gasteiger partial charge on any atom is 0.243 e. The second-order valence-corrected chi connectivity index (χ2v) is 9.12. The number of carbonyl (C=O) groups excluding carboxylic acids is 1. The Kier molecular flexibility index (Phi) is 6.24. The highest BCUT2D eigenvalue weighted by Gasteiger charge is 2.33. The highest BCUT2D eigenvalue weighted by atomic mass is 32.2. The van der Waals surface area contributed by atoms with Crippen LogP contribution in [0.5, 0.6) is 5.75 Å². The maximum atomic E-state index is 13.1. The average molecular weight is 421 g/mol. The van der Waals surface area contributed by atoms with E-state index >= 15 is 0 Å². The number of aryl methyl sites for hydroxylation is 1. The second kappa shape index (κ2) is 8.51. The number of ether oxygens (including phenoxy) is 1. The summed E-state index contributed by atoms with van der Waals surface area (Å²) in [5.74, 6) is -0.0815. The van der Waals surface area contributed by atoms with E-state index in [1.54, 1.807) is 51.4 Å². The summed E-state index contributed by atoms with van der Waals surface area (Å²) in [7, 11) is -0.430. The minimum Gasteiger partial charge on any atom is -0.496 e. The lowest BCUT2D eigenvalue weighted by atomic mass is 9.96. The molecule has 8 heteroatoms. The molecule has 2 aromatic rings. The summed E-state index contributed by atoms with van der Waals surface area (Å²) in [6, 6.07) is 10.5. The molecule has 0 N–H and O–H groups in total. The summed E-state index contributed by atoms with van der Waals surface area (Å²) in [5.41, 5.74) is 1.36. The SMILES string of the molecule is COc1ccc(S(=O)(=O)N2CCC(C(=O)N(C)c3ccc(F)cc3)CC2)cc1C. The van der Waals surface area contributed by atoms with Crippen molar-refractivity contribution in [1.29, 1.82) is 0 Å². The molecule has 0 saturated carbocycles. The molecule has 2 aromatic carbocycles. The van der Waals surface area contributed by atoms with Gasteiger partial charge in [-0.2, -0.15) is 4.31 Å². The van der Waals surface area contributed by atoms with Crippen LogP contribution in [0.1, 0.15) is 18.4 Å². The third kappa shape index (κ3) is 4.43. The van der Waals surface area contributed by atoms with Crippen LogP contribution in [-0.2, 0) is 14.8 Å². The van der Waals surface area contributed by atoms with Crippen molar-refractivity contribution in [2.24, 2.45) is 5.92 Å². The van der Waals surface area contributed by atoms with E-state index in [1.165, 1.54) is 21.3 Å². The van der Waals surface area contributed by atoms with E-state index in [-0.39, 0.29) is 35.6 Å². The summed E-state index contributed by atoms with van der Waals surface area (Å²) < 4.78 is 45.6. The Balaban J connectivity index is 1.67. The molecule has 29 heavy (non-hydrogen) atoms. The van der Waals surface area contributed by atoms with Gasteiger partial charge in [0.15, 0.2) is 0 Å². The van der Waals surface area contributed by atoms with Gasteiger partial charge in [-0.05, 0) is 67.8 Å². The highest BCUT2D eigenvalue weighted by molar-refractivity contribution is 7.89. The van der Waals surface area contributed by atoms with Crippen molar-refractivity contribution < 1.29 is 22.3 Å². The van der Waals surface area contributed by atoms with Crippen LogP contribution in [0.4, 0.5) is 10.1 Å². The zero-order valence-electron chi connectivity index (χ0n) is 16.8. The lowest BCUT2D eigenvalue weighted by Gasteiger charge is -2.32. The number of anilines is 1. The van der Waals surface area contributed by atoms with Gasteiger partial charge in [-0.1, -0.05) is 0 Å². The normalized spacial score (nSPS) is 15.9. The van der Waals surface area contributed by atoms with Crippen LogP contribution in [-0.4, -0.2) is 45.9 Å². The lowest BCUT2D eigenvalue weighted by molar-refractivity contribution is -0.123. The summed E-state index contributed by atoms with van der Waals surface area (Å²) in [6.07, 6.45) is 0.886. The molecule has 1 heterocycles. The Morgan fingerprint density at radius 1 is 1.14 bits per heavy atom. The van der Waals surface area contributed by atoms with Crippen molar-refractivity contribution in [3.63, 3.8) is 0 Å². The molecule has 156 valence electrons. The quantitative estimate of drug-likeness (QED) is 0.745. The van der Waals surface area contributed by atoms with Gasteiger partial charge in [-0.15, -0.1) is 0 Å². The maximum absolute atomic E-state index is 13.1. The first kappa shape index (κ1) is 21.3. The summed E-state index contributed by atoms with van der Waals surface area (Å²) in [5, 5.41) is 0. The van der Waals surface area contributed by atoms with E-state index < -0.39 is 10.0 Å². The average Bonchev–Trinajstić information content (AvgIpc) is 2.73. The highest BCUT2D eigenvalue weighted by Crippen LogP contribution is 2.28. The number of hydrogen-bond donors (Lipinski definition) is 0. The molecule has 1 fully saturated rings. The molecule has 0 radical (unpaired) electrons. The van der Waals surface area contributed by atoms with Crippen LogP contribution < -0.4 is 9.64 Å². The number of benzene rings is 2. The molecule has 1 saturated heterocycles. The standard InChI is InChI=1S/C21H25FN2O4S/c1-15-14-19(8-9-20(15)28-3)29(26,27)24-12-10-16(11-13-24)21(25)23(2)18-6-4-17(22)5-7-18/h4-9,14,16H,10-13H2,1-3H3. The first-order valence-electron chi connectivity index (χ1n) is 9.42. The van der Waals surface area contributed by atoms with Gasteiger partial charge >= 0.3 is 0 Å². The number of nitrogens with zero attached hydrogens (tertiary/aromatic N) is 2. The van der Waals surface area contributed by atoms with E-state index in [4.69, 9.17) is 4.74 Å². The first-order valence-corrected chi connectivity index (χ1v) is 10.9. The Morgan fingerprint density at radius 3 is 2.31 bits per heavy atom. The number of amides is 1. The van der Waals surface area contributed by atoms with Crippen molar-refractivity contribution in [2.75, 3.05) is 32.1 Å². The van der Waals surface area contributed by atoms with Crippen LogP contribution in [0.15, 0.2) is 47.4 Å². The molecule has 0 atom stereocenters. The number of hydrogen-bond acceptors (Lipinski definition) is 4. The molecular weight excluding hydrogens is 395 g/mol. The molecule has 6 nitrogen and oxygen atoms in total. The Hall–Kier alpha value is -2.45. The number of methoxy groups -OCH3 is 1. The van der Waals surface area contributed by atoms with Crippen molar-refractivity contribution in [3.8, 4) is 5.75 Å². The second-order valence-electron chi connectivity index (χ2n) is 7.18. The van der Waals surface area contributed by atoms with Crippen LogP contribution in [0.2, 0.25) is 0 Å². The molecular formula is C21H25FN2O4S. The van der Waals surface area contributed by atoms with Gasteiger partial charge < -0.3 is 9.64 Å². The predicted molar refractivity (Wildman–Crippen MR) is 109 cm³/mol. The third-order valence-corrected chi connectivity index (χ3v) is 7.25. The molecule has 0 bridgehead atoms. The van der Waals surface area contributed by atoms with Crippen molar-refractivity contribution in [1.82, 2.24) is 4.31 Å². The smallest absolute Gasteiger partial charge is 0.243 e. The zero-order valence-corrected chi connectivity index (χ0v) is 17.6. The van der Waals surface area contributed by atoms with Gasteiger partial charge in [0, 0.05) is 31.7 Å². The van der Waals surface area contributed by atoms with Crippen LogP contribution in [0.3, 0.4) is 0 Å². The largest absolute Gasteiger partial charge is 0.496 e. The van der Waals surface area contributed by atoms with E-state index in [0.29, 0.717) is 24.3 Å². The third-order valence-electron chi connectivity index (χ3n) is 5.35. The van der Waals surface area contributed by atoms with Gasteiger partial charge in [-0.25, -0.2) is 12.8 Å². The van der Waals surface area contributed by atoms with E-state index in [0.717, 1.165) is 5.56 Å². The summed E-state index contributed by atoms with van der Waals surface area (Å²) in [6.45, 7) is 2.36. The fourth-order valence-corrected chi connectivity index (χ4v) is 5.12. The molecule has 0 aliphatic carbocycles. The van der Waals surface area contributed by atoms with E-state index in [1.807, 2.05) is 0 Å². The van der Waals surface area contributed by atoms with Gasteiger partial charge in [-0.3, -0.25) is 4.79 Å². The number of piperidine rings is 1. The number of rotatable bonds is 5.